The molecule has 3 nitrogen and oxygen atoms in total. The summed E-state index contributed by atoms with van der Waals surface area (Å²) in [7, 11) is 0. The van der Waals surface area contributed by atoms with Crippen molar-refractivity contribution in [1.29, 1.82) is 0 Å². The van der Waals surface area contributed by atoms with E-state index in [9.17, 15) is 0 Å². The minimum atomic E-state index is 0.485. The molecule has 2 aliphatic heterocycles. The second-order valence-electron chi connectivity index (χ2n) is 5.07. The van der Waals surface area contributed by atoms with E-state index in [0.717, 1.165) is 42.0 Å². The molecule has 1 fully saturated rings. The van der Waals surface area contributed by atoms with Crippen molar-refractivity contribution in [2.75, 3.05) is 26.4 Å². The van der Waals surface area contributed by atoms with Crippen molar-refractivity contribution in [3.05, 3.63) is 33.8 Å². The summed E-state index contributed by atoms with van der Waals surface area (Å²) in [5, 5.41) is 3.55. The van der Waals surface area contributed by atoms with Gasteiger partial charge in [-0.05, 0) is 42.7 Å². The summed E-state index contributed by atoms with van der Waals surface area (Å²) >= 11 is 3.49. The van der Waals surface area contributed by atoms with Gasteiger partial charge in [0.05, 0.1) is 6.61 Å². The number of benzene rings is 1. The maximum absolute atomic E-state index is 5.77. The van der Waals surface area contributed by atoms with Gasteiger partial charge < -0.3 is 14.8 Å². The molecule has 1 unspecified atom stereocenters. The lowest BCUT2D eigenvalue weighted by Gasteiger charge is -2.25. The van der Waals surface area contributed by atoms with Crippen LogP contribution in [0.1, 0.15) is 18.4 Å². The van der Waals surface area contributed by atoms with Gasteiger partial charge in [0.1, 0.15) is 12.4 Å². The number of nitrogens with one attached hydrogen (secondary N) is 1. The normalized spacial score (nSPS) is 22.4. The molecule has 0 spiro atoms. The molecular formula is C15H18BrNO2. The van der Waals surface area contributed by atoms with E-state index >= 15 is 0 Å². The maximum Gasteiger partial charge on any atom is 0.127 e. The highest BCUT2D eigenvalue weighted by Crippen LogP contribution is 2.28. The molecule has 1 saturated heterocycles. The number of fused-ring (bicyclic) bond motifs is 1. The van der Waals surface area contributed by atoms with Gasteiger partial charge in [-0.3, -0.25) is 0 Å². The van der Waals surface area contributed by atoms with Crippen molar-refractivity contribution in [3.63, 3.8) is 0 Å². The molecule has 0 saturated carbocycles. The molecule has 19 heavy (non-hydrogen) atoms. The highest BCUT2D eigenvalue weighted by molar-refractivity contribution is 9.10. The number of ether oxygens (including phenoxy) is 2. The predicted octanol–water partition coefficient (Wildman–Crippen LogP) is 2.99. The Morgan fingerprint density at radius 1 is 1.37 bits per heavy atom. The first-order chi connectivity index (χ1) is 9.31. The van der Waals surface area contributed by atoms with Crippen LogP contribution in [0.15, 0.2) is 28.2 Å². The zero-order chi connectivity index (χ0) is 13.1. The molecule has 0 amide bonds. The highest BCUT2D eigenvalue weighted by Gasteiger charge is 2.15. The molecule has 2 aliphatic rings. The molecular weight excluding hydrogens is 306 g/mol. The minimum absolute atomic E-state index is 0.485. The minimum Gasteiger partial charge on any atom is -0.489 e. The van der Waals surface area contributed by atoms with Crippen molar-refractivity contribution >= 4 is 22.0 Å². The van der Waals surface area contributed by atoms with Gasteiger partial charge in [-0.1, -0.05) is 15.9 Å². The lowest BCUT2D eigenvalue weighted by Crippen LogP contribution is -2.38. The van der Waals surface area contributed by atoms with Gasteiger partial charge in [-0.25, -0.2) is 0 Å². The monoisotopic (exact) mass is 323 g/mol. The number of hydrogen-bond donors (Lipinski definition) is 1. The van der Waals surface area contributed by atoms with Crippen molar-refractivity contribution in [2.45, 2.75) is 18.9 Å². The fourth-order valence-electron chi connectivity index (χ4n) is 2.47. The van der Waals surface area contributed by atoms with Crippen LogP contribution >= 0.6 is 15.9 Å². The number of halogens is 1. The van der Waals surface area contributed by atoms with Crippen LogP contribution in [0, 0.1) is 0 Å². The van der Waals surface area contributed by atoms with E-state index in [-0.39, 0.29) is 0 Å². The van der Waals surface area contributed by atoms with Gasteiger partial charge in [-0.15, -0.1) is 0 Å². The molecule has 1 N–H and O–H groups in total. The average Bonchev–Trinajstić information content (AvgIpc) is 2.46. The van der Waals surface area contributed by atoms with Crippen molar-refractivity contribution in [3.8, 4) is 5.75 Å². The molecule has 1 aromatic rings. The predicted molar refractivity (Wildman–Crippen MR) is 79.5 cm³/mol. The fraction of sp³-hybridized carbons (Fsp3) is 0.467. The molecule has 4 heteroatoms. The van der Waals surface area contributed by atoms with Gasteiger partial charge in [-0.2, -0.15) is 0 Å². The molecule has 1 aromatic carbocycles. The topological polar surface area (TPSA) is 30.5 Å². The Labute approximate surface area is 122 Å². The van der Waals surface area contributed by atoms with Crippen LogP contribution in [-0.2, 0) is 4.74 Å². The summed E-state index contributed by atoms with van der Waals surface area (Å²) in [6, 6.07) is 6.60. The largest absolute Gasteiger partial charge is 0.489 e. The Balaban J connectivity index is 1.62. The molecule has 0 aliphatic carbocycles. The van der Waals surface area contributed by atoms with Crippen LogP contribution in [-0.4, -0.2) is 32.4 Å². The second kappa shape index (κ2) is 6.07. The van der Waals surface area contributed by atoms with Gasteiger partial charge in [0.15, 0.2) is 0 Å². The SMILES string of the molecule is Brc1ccc2c(c1)C=C(CNC1CCCOC1)CO2. The van der Waals surface area contributed by atoms with Crippen molar-refractivity contribution in [1.82, 2.24) is 5.32 Å². The average molecular weight is 324 g/mol. The Morgan fingerprint density at radius 3 is 3.16 bits per heavy atom. The van der Waals surface area contributed by atoms with Crippen LogP contribution in [0.5, 0.6) is 5.75 Å². The summed E-state index contributed by atoms with van der Waals surface area (Å²) in [5.41, 5.74) is 2.44. The zero-order valence-corrected chi connectivity index (χ0v) is 12.4. The number of hydrogen-bond acceptors (Lipinski definition) is 3. The summed E-state index contributed by atoms with van der Waals surface area (Å²) in [4.78, 5) is 0. The van der Waals surface area contributed by atoms with Crippen LogP contribution in [0.2, 0.25) is 0 Å². The van der Waals surface area contributed by atoms with Crippen molar-refractivity contribution in [2.24, 2.45) is 0 Å². The Kier molecular flexibility index (Phi) is 4.21. The van der Waals surface area contributed by atoms with E-state index in [1.807, 2.05) is 12.1 Å². The fourth-order valence-corrected chi connectivity index (χ4v) is 2.85. The first-order valence-corrected chi connectivity index (χ1v) is 7.53. The van der Waals surface area contributed by atoms with E-state index in [2.05, 4.69) is 33.4 Å². The van der Waals surface area contributed by atoms with E-state index < -0.39 is 0 Å². The van der Waals surface area contributed by atoms with Crippen LogP contribution < -0.4 is 10.1 Å². The highest BCUT2D eigenvalue weighted by atomic mass is 79.9. The maximum atomic E-state index is 5.77. The standard InChI is InChI=1S/C15H18BrNO2/c16-13-3-4-15-12(7-13)6-11(9-19-15)8-17-14-2-1-5-18-10-14/h3-4,6-7,14,17H,1-2,5,8-10H2. The molecule has 1 atom stereocenters. The number of rotatable bonds is 3. The van der Waals surface area contributed by atoms with Gasteiger partial charge in [0, 0.05) is 29.2 Å². The third-order valence-corrected chi connectivity index (χ3v) is 4.02. The van der Waals surface area contributed by atoms with Gasteiger partial charge >= 0.3 is 0 Å². The summed E-state index contributed by atoms with van der Waals surface area (Å²) in [6.45, 7) is 3.29. The molecule has 102 valence electrons. The van der Waals surface area contributed by atoms with Gasteiger partial charge in [0.25, 0.3) is 0 Å². The van der Waals surface area contributed by atoms with Crippen molar-refractivity contribution < 1.29 is 9.47 Å². The third kappa shape index (κ3) is 3.38. The first-order valence-electron chi connectivity index (χ1n) is 6.74. The van der Waals surface area contributed by atoms with Crippen LogP contribution in [0.4, 0.5) is 0 Å². The summed E-state index contributed by atoms with van der Waals surface area (Å²) in [5.74, 6) is 0.966. The molecule has 0 radical (unpaired) electrons. The first kappa shape index (κ1) is 13.2. The third-order valence-electron chi connectivity index (χ3n) is 3.52. The summed E-state index contributed by atoms with van der Waals surface area (Å²) < 4.78 is 12.3. The Hall–Kier alpha value is -0.840. The lowest BCUT2D eigenvalue weighted by atomic mass is 10.1. The lowest BCUT2D eigenvalue weighted by molar-refractivity contribution is 0.0713. The van der Waals surface area contributed by atoms with E-state index in [4.69, 9.17) is 9.47 Å². The van der Waals surface area contributed by atoms with E-state index in [0.29, 0.717) is 12.6 Å². The molecule has 0 bridgehead atoms. The second-order valence-corrected chi connectivity index (χ2v) is 5.98. The Morgan fingerprint density at radius 2 is 2.32 bits per heavy atom. The van der Waals surface area contributed by atoms with Gasteiger partial charge in [0.2, 0.25) is 0 Å². The zero-order valence-electron chi connectivity index (χ0n) is 10.8. The van der Waals surface area contributed by atoms with Crippen LogP contribution in [0.25, 0.3) is 6.08 Å². The van der Waals surface area contributed by atoms with E-state index in [1.165, 1.54) is 12.0 Å². The molecule has 2 heterocycles. The quantitative estimate of drug-likeness (QED) is 0.927. The van der Waals surface area contributed by atoms with E-state index in [1.54, 1.807) is 0 Å². The summed E-state index contributed by atoms with van der Waals surface area (Å²) in [6.07, 6.45) is 4.58. The molecule has 3 rings (SSSR count). The Bertz CT molecular complexity index is 481. The van der Waals surface area contributed by atoms with Crippen LogP contribution in [0.3, 0.4) is 0 Å². The molecule has 0 aromatic heterocycles. The smallest absolute Gasteiger partial charge is 0.127 e.